The van der Waals surface area contributed by atoms with Gasteiger partial charge in [-0.2, -0.15) is 4.31 Å². The quantitative estimate of drug-likeness (QED) is 0.627. The highest BCUT2D eigenvalue weighted by Gasteiger charge is 2.34. The third-order valence-corrected chi connectivity index (χ3v) is 8.34. The molecule has 2 aromatic carbocycles. The van der Waals surface area contributed by atoms with E-state index in [0.717, 1.165) is 31.2 Å². The normalized spacial score (nSPS) is 20.4. The zero-order valence-corrected chi connectivity index (χ0v) is 20.9. The Morgan fingerprint density at radius 1 is 1.18 bits per heavy atom. The molecular formula is C25H32N2O6S. The van der Waals surface area contributed by atoms with Crippen LogP contribution in [0.1, 0.15) is 56.0 Å². The molecule has 2 atom stereocenters. The van der Waals surface area contributed by atoms with Crippen molar-refractivity contribution in [2.24, 2.45) is 0 Å². The summed E-state index contributed by atoms with van der Waals surface area (Å²) in [5, 5.41) is 2.87. The van der Waals surface area contributed by atoms with Crippen LogP contribution in [0.3, 0.4) is 0 Å². The van der Waals surface area contributed by atoms with Crippen LogP contribution in [-0.2, 0) is 16.4 Å². The Balaban J connectivity index is 1.66. The van der Waals surface area contributed by atoms with E-state index < -0.39 is 15.9 Å². The van der Waals surface area contributed by atoms with Gasteiger partial charge in [-0.15, -0.1) is 0 Å². The van der Waals surface area contributed by atoms with Gasteiger partial charge in [-0.25, -0.2) is 8.42 Å². The van der Waals surface area contributed by atoms with Gasteiger partial charge in [0.25, 0.3) is 5.91 Å². The van der Waals surface area contributed by atoms with Gasteiger partial charge < -0.3 is 19.5 Å². The van der Waals surface area contributed by atoms with Gasteiger partial charge in [-0.3, -0.25) is 4.79 Å². The molecule has 1 N–H and O–H groups in total. The molecule has 0 aromatic heterocycles. The molecule has 0 spiro atoms. The molecule has 0 saturated carbocycles. The lowest BCUT2D eigenvalue weighted by Gasteiger charge is -2.32. The molecule has 8 nitrogen and oxygen atoms in total. The van der Waals surface area contributed by atoms with Crippen LogP contribution in [0.5, 0.6) is 17.2 Å². The Morgan fingerprint density at radius 3 is 2.68 bits per heavy atom. The lowest BCUT2D eigenvalue weighted by atomic mass is 10.1. The van der Waals surface area contributed by atoms with Crippen molar-refractivity contribution in [2.45, 2.75) is 63.5 Å². The van der Waals surface area contributed by atoms with E-state index in [1.165, 1.54) is 23.5 Å². The Labute approximate surface area is 201 Å². The summed E-state index contributed by atoms with van der Waals surface area (Å²) in [6, 6.07) is 8.00. The second-order valence-electron chi connectivity index (χ2n) is 8.80. The fourth-order valence-electron chi connectivity index (χ4n) is 4.58. The Morgan fingerprint density at radius 2 is 1.97 bits per heavy atom. The number of carbonyl (C=O) groups is 1. The molecule has 0 radical (unpaired) electrons. The number of nitrogens with one attached hydrogen (secondary N) is 1. The number of rotatable bonds is 7. The first-order valence-corrected chi connectivity index (χ1v) is 13.2. The summed E-state index contributed by atoms with van der Waals surface area (Å²) in [7, 11) is -2.41. The minimum atomic E-state index is -3.83. The molecule has 34 heavy (non-hydrogen) atoms. The maximum atomic E-state index is 13.5. The molecule has 4 rings (SSSR count). The number of anilines is 1. The SMILES string of the molecule is CCOc1cc2c(cc1NC(=O)c1ccc(OC)c(S(=O)(=O)N3CCCCC3C)c1)OC(C)C2. The lowest BCUT2D eigenvalue weighted by Crippen LogP contribution is -2.42. The summed E-state index contributed by atoms with van der Waals surface area (Å²) in [6.45, 7) is 6.67. The highest BCUT2D eigenvalue weighted by Crippen LogP contribution is 2.38. The molecule has 2 unspecified atom stereocenters. The number of amides is 1. The zero-order chi connectivity index (χ0) is 24.5. The summed E-state index contributed by atoms with van der Waals surface area (Å²) < 4.78 is 45.4. The van der Waals surface area contributed by atoms with Crippen LogP contribution in [0.2, 0.25) is 0 Å². The van der Waals surface area contributed by atoms with Gasteiger partial charge in [-0.1, -0.05) is 6.42 Å². The zero-order valence-electron chi connectivity index (χ0n) is 20.1. The van der Waals surface area contributed by atoms with Gasteiger partial charge in [0, 0.05) is 36.2 Å². The monoisotopic (exact) mass is 488 g/mol. The van der Waals surface area contributed by atoms with Gasteiger partial charge in [0.15, 0.2) is 0 Å². The number of carbonyl (C=O) groups excluding carboxylic acids is 1. The predicted octanol–water partition coefficient (Wildman–Crippen LogP) is 4.23. The van der Waals surface area contributed by atoms with Gasteiger partial charge in [0.2, 0.25) is 10.0 Å². The number of ether oxygens (including phenoxy) is 3. The number of methoxy groups -OCH3 is 1. The van der Waals surface area contributed by atoms with E-state index in [2.05, 4.69) is 5.32 Å². The van der Waals surface area contributed by atoms with Crippen molar-refractivity contribution < 1.29 is 27.4 Å². The molecule has 9 heteroatoms. The maximum absolute atomic E-state index is 13.5. The average Bonchev–Trinajstić information content (AvgIpc) is 3.17. The maximum Gasteiger partial charge on any atom is 0.255 e. The number of sulfonamides is 1. The molecule has 2 heterocycles. The minimum absolute atomic E-state index is 0.00690. The smallest absolute Gasteiger partial charge is 0.255 e. The van der Waals surface area contributed by atoms with E-state index in [-0.39, 0.29) is 28.4 Å². The van der Waals surface area contributed by atoms with Gasteiger partial charge >= 0.3 is 0 Å². The van der Waals surface area contributed by atoms with E-state index in [1.807, 2.05) is 26.8 Å². The van der Waals surface area contributed by atoms with Crippen LogP contribution in [0.15, 0.2) is 35.2 Å². The summed E-state index contributed by atoms with van der Waals surface area (Å²) in [4.78, 5) is 13.2. The standard InChI is InChI=1S/C25H32N2O6S/c1-5-32-23-13-19-12-17(3)33-22(19)15-20(23)26-25(28)18-9-10-21(31-4)24(14-18)34(29,30)27-11-7-6-8-16(27)2/h9-10,13-17H,5-8,11-12H2,1-4H3,(H,26,28). The van der Waals surface area contributed by atoms with Crippen molar-refractivity contribution in [3.8, 4) is 17.2 Å². The molecule has 1 saturated heterocycles. The fraction of sp³-hybridized carbons (Fsp3) is 0.480. The Hall–Kier alpha value is -2.78. The second-order valence-corrected chi connectivity index (χ2v) is 10.7. The topological polar surface area (TPSA) is 94.2 Å². The van der Waals surface area contributed by atoms with Crippen LogP contribution in [0.4, 0.5) is 5.69 Å². The molecular weight excluding hydrogens is 456 g/mol. The fourth-order valence-corrected chi connectivity index (χ4v) is 6.46. The van der Waals surface area contributed by atoms with Crippen LogP contribution >= 0.6 is 0 Å². The molecule has 2 aliphatic heterocycles. The Kier molecular flexibility index (Phi) is 7.04. The first-order chi connectivity index (χ1) is 16.2. The molecule has 0 bridgehead atoms. The van der Waals surface area contributed by atoms with Crippen molar-refractivity contribution in [3.63, 3.8) is 0 Å². The van der Waals surface area contributed by atoms with Crippen molar-refractivity contribution in [2.75, 3.05) is 25.6 Å². The first kappa shape index (κ1) is 24.3. The molecule has 1 amide bonds. The minimum Gasteiger partial charge on any atom is -0.495 e. The highest BCUT2D eigenvalue weighted by atomic mass is 32.2. The van der Waals surface area contributed by atoms with Crippen molar-refractivity contribution >= 4 is 21.6 Å². The number of hydrogen-bond donors (Lipinski definition) is 1. The Bertz CT molecular complexity index is 1180. The third kappa shape index (κ3) is 4.72. The molecule has 2 aromatic rings. The highest BCUT2D eigenvalue weighted by molar-refractivity contribution is 7.89. The van der Waals surface area contributed by atoms with E-state index >= 15 is 0 Å². The largest absolute Gasteiger partial charge is 0.495 e. The van der Waals surface area contributed by atoms with Crippen molar-refractivity contribution in [1.82, 2.24) is 4.31 Å². The third-order valence-electron chi connectivity index (χ3n) is 6.30. The van der Waals surface area contributed by atoms with Crippen LogP contribution in [0, 0.1) is 0 Å². The number of piperidine rings is 1. The predicted molar refractivity (Wildman–Crippen MR) is 130 cm³/mol. The van der Waals surface area contributed by atoms with Crippen LogP contribution < -0.4 is 19.5 Å². The van der Waals surface area contributed by atoms with Crippen molar-refractivity contribution in [3.05, 3.63) is 41.5 Å². The first-order valence-electron chi connectivity index (χ1n) is 11.7. The number of fused-ring (bicyclic) bond motifs is 1. The number of nitrogens with zero attached hydrogens (tertiary/aromatic N) is 1. The molecule has 184 valence electrons. The van der Waals surface area contributed by atoms with E-state index in [9.17, 15) is 13.2 Å². The van der Waals surface area contributed by atoms with Crippen LogP contribution in [0.25, 0.3) is 0 Å². The number of benzene rings is 2. The van der Waals surface area contributed by atoms with Crippen molar-refractivity contribution in [1.29, 1.82) is 0 Å². The van der Waals surface area contributed by atoms with E-state index in [0.29, 0.717) is 30.3 Å². The summed E-state index contributed by atoms with van der Waals surface area (Å²) in [5.41, 5.74) is 1.72. The van der Waals surface area contributed by atoms with Gasteiger partial charge in [0.05, 0.1) is 19.4 Å². The summed E-state index contributed by atoms with van der Waals surface area (Å²) in [5.74, 6) is 1.03. The molecule has 2 aliphatic rings. The number of hydrogen-bond acceptors (Lipinski definition) is 6. The van der Waals surface area contributed by atoms with E-state index in [4.69, 9.17) is 14.2 Å². The lowest BCUT2D eigenvalue weighted by molar-refractivity contribution is 0.102. The summed E-state index contributed by atoms with van der Waals surface area (Å²) in [6.07, 6.45) is 3.45. The molecule has 1 fully saturated rings. The average molecular weight is 489 g/mol. The summed E-state index contributed by atoms with van der Waals surface area (Å²) >= 11 is 0. The van der Waals surface area contributed by atoms with Gasteiger partial charge in [0.1, 0.15) is 28.2 Å². The second kappa shape index (κ2) is 9.84. The van der Waals surface area contributed by atoms with Gasteiger partial charge in [-0.05, 0) is 57.9 Å². The van der Waals surface area contributed by atoms with Crippen LogP contribution in [-0.4, -0.2) is 51.0 Å². The van der Waals surface area contributed by atoms with E-state index in [1.54, 1.807) is 12.1 Å². The molecule has 0 aliphatic carbocycles.